The molecule has 16 heteroatoms. The summed E-state index contributed by atoms with van der Waals surface area (Å²) >= 11 is 0. The highest BCUT2D eigenvalue weighted by atomic mass is 19.4. The first kappa shape index (κ1) is 33.4. The van der Waals surface area contributed by atoms with E-state index in [2.05, 4.69) is 28.9 Å². The number of hydrogen-bond donors (Lipinski definition) is 3. The number of hydrogen-bond acceptors (Lipinski definition) is 10. The van der Waals surface area contributed by atoms with E-state index in [1.165, 1.54) is 22.0 Å². The Morgan fingerprint density at radius 1 is 1.21 bits per heavy atom. The number of aliphatic hydroxyl groups is 1. The van der Waals surface area contributed by atoms with Crippen molar-refractivity contribution < 1.29 is 37.4 Å². The molecule has 0 spiro atoms. The van der Waals surface area contributed by atoms with E-state index in [1.807, 2.05) is 17.9 Å². The molecule has 0 bridgehead atoms. The van der Waals surface area contributed by atoms with Crippen molar-refractivity contribution in [2.45, 2.75) is 32.1 Å². The van der Waals surface area contributed by atoms with Crippen LogP contribution in [0.2, 0.25) is 0 Å². The Hall–Kier alpha value is -4.96. The third-order valence-electron chi connectivity index (χ3n) is 8.00. The summed E-state index contributed by atoms with van der Waals surface area (Å²) in [6, 6.07) is 4.12. The summed E-state index contributed by atoms with van der Waals surface area (Å²) in [5.41, 5.74) is 4.04. The number of nitrogens with one attached hydrogen (secondary N) is 2. The molecule has 0 saturated carbocycles. The average Bonchev–Trinajstić information content (AvgIpc) is 3.51. The second kappa shape index (κ2) is 13.8. The zero-order valence-electron chi connectivity index (χ0n) is 25.7. The van der Waals surface area contributed by atoms with Gasteiger partial charge in [0, 0.05) is 38.1 Å². The molecule has 1 unspecified atom stereocenters. The van der Waals surface area contributed by atoms with E-state index in [1.54, 1.807) is 4.90 Å². The fraction of sp³-hybridized carbons (Fsp3) is 0.387. The van der Waals surface area contributed by atoms with Crippen molar-refractivity contribution in [1.29, 1.82) is 0 Å². The van der Waals surface area contributed by atoms with Crippen LogP contribution < -0.4 is 10.7 Å². The summed E-state index contributed by atoms with van der Waals surface area (Å²) in [7, 11) is 0. The minimum atomic E-state index is -4.51. The number of aliphatic hydroxyl groups excluding tert-OH is 1. The normalized spacial score (nSPS) is 20.6. The van der Waals surface area contributed by atoms with Crippen LogP contribution in [-0.2, 0) is 25.3 Å². The van der Waals surface area contributed by atoms with Crippen molar-refractivity contribution in [3.05, 3.63) is 78.0 Å². The molecule has 1 atom stereocenters. The van der Waals surface area contributed by atoms with Crippen LogP contribution in [0.5, 0.6) is 0 Å². The average molecular weight is 657 g/mol. The number of piperazine rings is 1. The fourth-order valence-electron chi connectivity index (χ4n) is 5.71. The molecule has 4 aliphatic rings. The second-order valence-electron chi connectivity index (χ2n) is 10.9. The summed E-state index contributed by atoms with van der Waals surface area (Å²) in [5, 5.41) is 13.8. The number of halogens is 3. The second-order valence-corrected chi connectivity index (χ2v) is 10.9. The lowest BCUT2D eigenvalue weighted by Crippen LogP contribution is -2.60. The molecule has 0 aliphatic carbocycles. The Morgan fingerprint density at radius 2 is 1.91 bits per heavy atom. The number of amides is 3. The molecule has 1 aromatic carbocycles. The van der Waals surface area contributed by atoms with E-state index < -0.39 is 35.5 Å². The van der Waals surface area contributed by atoms with E-state index in [9.17, 15) is 32.7 Å². The number of aliphatic imine (C=N–C) groups is 2. The zero-order valence-corrected chi connectivity index (χ0v) is 25.7. The molecule has 0 aromatic heterocycles. The number of carbonyl (C=O) groups excluding carboxylic acids is 3. The fourth-order valence-corrected chi connectivity index (χ4v) is 5.71. The number of benzene rings is 1. The van der Waals surface area contributed by atoms with E-state index in [4.69, 9.17) is 9.73 Å². The lowest BCUT2D eigenvalue weighted by Gasteiger charge is -2.43. The molecule has 3 amide bonds. The summed E-state index contributed by atoms with van der Waals surface area (Å²) in [6.07, 6.45) is -1.12. The third-order valence-corrected chi connectivity index (χ3v) is 8.00. The highest BCUT2D eigenvalue weighted by Crippen LogP contribution is 2.32. The molecular weight excluding hydrogens is 621 g/mol. The van der Waals surface area contributed by atoms with Crippen molar-refractivity contribution in [1.82, 2.24) is 25.1 Å². The lowest BCUT2D eigenvalue weighted by atomic mass is 10.1. The van der Waals surface area contributed by atoms with Gasteiger partial charge in [-0.2, -0.15) is 18.6 Å². The van der Waals surface area contributed by atoms with Gasteiger partial charge in [-0.1, -0.05) is 26.2 Å². The predicted octanol–water partition coefficient (Wildman–Crippen LogP) is 2.76. The number of fused-ring (bicyclic) bond motifs is 1. The van der Waals surface area contributed by atoms with Gasteiger partial charge in [0.2, 0.25) is 11.9 Å². The monoisotopic (exact) mass is 656 g/mol. The molecule has 4 heterocycles. The maximum absolute atomic E-state index is 14.1. The Bertz CT molecular complexity index is 1580. The first-order chi connectivity index (χ1) is 22.4. The molecule has 3 N–H and O–H groups in total. The summed E-state index contributed by atoms with van der Waals surface area (Å²) in [5.74, 6) is -1.71. The molecule has 0 radical (unpaired) electrons. The number of rotatable bonds is 9. The Balaban J connectivity index is 1.41. The topological polar surface area (TPSA) is 142 Å². The quantitative estimate of drug-likeness (QED) is 0.209. The Labute approximate surface area is 269 Å². The largest absolute Gasteiger partial charge is 0.506 e. The van der Waals surface area contributed by atoms with Crippen LogP contribution in [0.25, 0.3) is 0 Å². The molecule has 1 saturated heterocycles. The van der Waals surface area contributed by atoms with Gasteiger partial charge in [-0.05, 0) is 42.7 Å². The third kappa shape index (κ3) is 7.07. The number of carbonyl (C=O) groups is 3. The van der Waals surface area contributed by atoms with Crippen LogP contribution in [0.1, 0.15) is 25.3 Å². The molecule has 4 aliphatic heterocycles. The van der Waals surface area contributed by atoms with Crippen molar-refractivity contribution >= 4 is 35.1 Å². The first-order valence-corrected chi connectivity index (χ1v) is 15.0. The molecule has 1 fully saturated rings. The number of hydrazine groups is 1. The number of guanidine groups is 1. The van der Waals surface area contributed by atoms with Crippen LogP contribution in [-0.4, -0.2) is 106 Å². The molecule has 47 heavy (non-hydrogen) atoms. The molecule has 1 aromatic rings. The zero-order chi connectivity index (χ0) is 33.9. The van der Waals surface area contributed by atoms with E-state index in [0.717, 1.165) is 23.9 Å². The molecular formula is C31H35F3N8O5. The molecule has 5 rings (SSSR count). The van der Waals surface area contributed by atoms with Gasteiger partial charge >= 0.3 is 6.18 Å². The number of alkyl halides is 3. The highest BCUT2D eigenvalue weighted by molar-refractivity contribution is 6.44. The van der Waals surface area contributed by atoms with Gasteiger partial charge in [-0.15, -0.1) is 0 Å². The van der Waals surface area contributed by atoms with Crippen molar-refractivity contribution in [3.63, 3.8) is 0 Å². The van der Waals surface area contributed by atoms with Gasteiger partial charge in [0.1, 0.15) is 24.2 Å². The van der Waals surface area contributed by atoms with Gasteiger partial charge in [0.05, 0.1) is 24.5 Å². The SMILES string of the molecule is C=CN=C(C(=C)O)C(=O)N1CCN(C2=C(CC)N(CC(=O)Nc3ccc(C(F)(F)F)cc3)C3=NC(C4=CCOCC4)NN3C2=O)CC1. The molecule has 13 nitrogen and oxygen atoms in total. The van der Waals surface area contributed by atoms with Crippen LogP contribution in [0.15, 0.2) is 82.4 Å². The van der Waals surface area contributed by atoms with Crippen LogP contribution in [0, 0.1) is 0 Å². The Morgan fingerprint density at radius 3 is 2.49 bits per heavy atom. The van der Waals surface area contributed by atoms with E-state index in [0.29, 0.717) is 37.4 Å². The van der Waals surface area contributed by atoms with E-state index >= 15 is 0 Å². The van der Waals surface area contributed by atoms with Crippen molar-refractivity contribution in [2.24, 2.45) is 9.98 Å². The molecule has 250 valence electrons. The number of allylic oxidation sites excluding steroid dienone is 1. The Kier molecular flexibility index (Phi) is 9.81. The first-order valence-electron chi connectivity index (χ1n) is 15.0. The van der Waals surface area contributed by atoms with Crippen LogP contribution in [0.4, 0.5) is 18.9 Å². The highest BCUT2D eigenvalue weighted by Gasteiger charge is 2.45. The minimum absolute atomic E-state index is 0.178. The summed E-state index contributed by atoms with van der Waals surface area (Å²) in [6.45, 7) is 10.2. The predicted molar refractivity (Wildman–Crippen MR) is 166 cm³/mol. The number of nitrogens with zero attached hydrogens (tertiary/aromatic N) is 6. The summed E-state index contributed by atoms with van der Waals surface area (Å²) < 4.78 is 44.5. The van der Waals surface area contributed by atoms with Gasteiger partial charge < -0.3 is 29.9 Å². The van der Waals surface area contributed by atoms with Crippen LogP contribution >= 0.6 is 0 Å². The van der Waals surface area contributed by atoms with Crippen molar-refractivity contribution in [3.8, 4) is 0 Å². The maximum Gasteiger partial charge on any atom is 0.416 e. The van der Waals surface area contributed by atoms with Crippen molar-refractivity contribution in [2.75, 3.05) is 51.3 Å². The smallest absolute Gasteiger partial charge is 0.416 e. The number of anilines is 1. The van der Waals surface area contributed by atoms with Gasteiger partial charge in [-0.25, -0.2) is 15.0 Å². The lowest BCUT2D eigenvalue weighted by molar-refractivity contribution is -0.137. The van der Waals surface area contributed by atoms with Crippen LogP contribution in [0.3, 0.4) is 0 Å². The van der Waals surface area contributed by atoms with Gasteiger partial charge in [0.25, 0.3) is 11.8 Å². The summed E-state index contributed by atoms with van der Waals surface area (Å²) in [4.78, 5) is 54.0. The standard InChI is InChI=1S/C31H35F3N8O5/c1-4-23-26(39-12-14-40(15-13-39)28(45)25(19(3)43)35-5-2)29(46)42-30(37-27(38-42)20-10-16-47-17-11-20)41(23)18-24(44)36-22-8-6-21(7-9-22)31(32,33)34/h5-10,27,38,43H,2-4,11-18H2,1H3,(H,36,44). The van der Waals surface area contributed by atoms with Gasteiger partial charge in [0.15, 0.2) is 5.71 Å². The van der Waals surface area contributed by atoms with Gasteiger partial charge in [-0.3, -0.25) is 14.4 Å². The maximum atomic E-state index is 14.1. The van der Waals surface area contributed by atoms with E-state index in [-0.39, 0.29) is 56.0 Å². The minimum Gasteiger partial charge on any atom is -0.506 e. The number of ether oxygens (including phenoxy) is 1.